The van der Waals surface area contributed by atoms with E-state index in [1.165, 1.54) is 6.20 Å². The van der Waals surface area contributed by atoms with Crippen molar-refractivity contribution >= 4 is 17.5 Å². The number of hydrogen-bond donors (Lipinski definition) is 0. The molecule has 3 heterocycles. The van der Waals surface area contributed by atoms with Crippen LogP contribution in [0, 0.1) is 11.8 Å². The van der Waals surface area contributed by atoms with Crippen LogP contribution < -0.4 is 0 Å². The second-order valence-electron chi connectivity index (χ2n) is 7.56. The smallest absolute Gasteiger partial charge is 0.255 e. The van der Waals surface area contributed by atoms with Crippen molar-refractivity contribution in [2.24, 2.45) is 11.8 Å². The lowest BCUT2D eigenvalue weighted by Crippen LogP contribution is -2.37. The Morgan fingerprint density at radius 3 is 2.75 bits per heavy atom. The Hall–Kier alpha value is -2.03. The molecule has 8 nitrogen and oxygen atoms in total. The summed E-state index contributed by atoms with van der Waals surface area (Å²) in [5.41, 5.74) is 1.34. The van der Waals surface area contributed by atoms with Gasteiger partial charge in [-0.2, -0.15) is 0 Å². The number of aromatic nitrogens is 4. The molecule has 0 aromatic carbocycles. The molecule has 1 saturated heterocycles. The van der Waals surface area contributed by atoms with Crippen LogP contribution in [0.5, 0.6) is 0 Å². The molecule has 2 aromatic heterocycles. The van der Waals surface area contributed by atoms with Crippen molar-refractivity contribution in [2.75, 3.05) is 27.3 Å². The molecule has 0 radical (unpaired) electrons. The molecule has 0 unspecified atom stereocenters. The fourth-order valence-electron chi connectivity index (χ4n) is 4.49. The largest absolute Gasteiger partial charge is 0.379 e. The van der Waals surface area contributed by atoms with Crippen LogP contribution >= 0.6 is 11.6 Å². The molecule has 2 aliphatic rings. The number of rotatable bonds is 5. The molecule has 0 spiro atoms. The van der Waals surface area contributed by atoms with Crippen molar-refractivity contribution < 1.29 is 14.3 Å². The number of halogens is 1. The van der Waals surface area contributed by atoms with E-state index in [9.17, 15) is 4.79 Å². The molecule has 28 heavy (non-hydrogen) atoms. The predicted molar refractivity (Wildman–Crippen MR) is 102 cm³/mol. The molecule has 1 amide bonds. The lowest BCUT2D eigenvalue weighted by atomic mass is 9.77. The molecule has 2 aromatic rings. The third-order valence-electron chi connectivity index (χ3n) is 5.82. The molecule has 0 bridgehead atoms. The first-order chi connectivity index (χ1) is 13.6. The Morgan fingerprint density at radius 2 is 2.04 bits per heavy atom. The second-order valence-corrected chi connectivity index (χ2v) is 7.99. The minimum absolute atomic E-state index is 0.0157. The number of likely N-dealkylation sites (tertiary alicyclic amines) is 1. The fraction of sp³-hybridized carbons (Fsp3) is 0.579. The highest BCUT2D eigenvalue weighted by Gasteiger charge is 2.44. The number of carbonyl (C=O) groups is 1. The summed E-state index contributed by atoms with van der Waals surface area (Å²) in [4.78, 5) is 18.8. The summed E-state index contributed by atoms with van der Waals surface area (Å²) in [7, 11) is 3.38. The average molecular weight is 406 g/mol. The highest BCUT2D eigenvalue weighted by Crippen LogP contribution is 2.42. The molecule has 0 N–H and O–H groups in total. The fourth-order valence-corrected chi connectivity index (χ4v) is 4.66. The van der Waals surface area contributed by atoms with Gasteiger partial charge in [-0.1, -0.05) is 16.8 Å². The first-order valence-electron chi connectivity index (χ1n) is 9.41. The molecule has 1 aliphatic carbocycles. The highest BCUT2D eigenvalue weighted by atomic mass is 35.5. The molecule has 4 rings (SSSR count). The summed E-state index contributed by atoms with van der Waals surface area (Å²) in [5.74, 6) is 0.805. The summed E-state index contributed by atoms with van der Waals surface area (Å²) in [5, 5.41) is 8.93. The van der Waals surface area contributed by atoms with Gasteiger partial charge in [0.15, 0.2) is 0 Å². The van der Waals surface area contributed by atoms with Gasteiger partial charge >= 0.3 is 0 Å². The van der Waals surface area contributed by atoms with Crippen LogP contribution in [-0.2, 0) is 16.1 Å². The van der Waals surface area contributed by atoms with E-state index in [0.29, 0.717) is 29.0 Å². The topological polar surface area (TPSA) is 82.4 Å². The Balaban J connectivity index is 1.48. The molecule has 2 fully saturated rings. The van der Waals surface area contributed by atoms with Crippen LogP contribution in [-0.4, -0.2) is 64.2 Å². The number of ether oxygens (including phenoxy) is 2. The lowest BCUT2D eigenvalue weighted by molar-refractivity contribution is -0.00548. The summed E-state index contributed by atoms with van der Waals surface area (Å²) in [6.07, 6.45) is 6.87. The number of amides is 1. The molecule has 9 heteroatoms. The van der Waals surface area contributed by atoms with Crippen molar-refractivity contribution in [3.05, 3.63) is 40.9 Å². The van der Waals surface area contributed by atoms with Gasteiger partial charge in [0.25, 0.3) is 5.91 Å². The molecule has 4 atom stereocenters. The third kappa shape index (κ3) is 3.76. The minimum atomic E-state index is -0.0157. The van der Waals surface area contributed by atoms with E-state index in [-0.39, 0.29) is 18.1 Å². The van der Waals surface area contributed by atoms with Crippen LogP contribution in [0.3, 0.4) is 0 Å². The van der Waals surface area contributed by atoms with Gasteiger partial charge < -0.3 is 14.4 Å². The van der Waals surface area contributed by atoms with Gasteiger partial charge in [0.1, 0.15) is 5.69 Å². The summed E-state index contributed by atoms with van der Waals surface area (Å²) in [6.45, 7) is 1.89. The van der Waals surface area contributed by atoms with E-state index in [2.05, 4.69) is 15.3 Å². The number of carbonyl (C=O) groups excluding carboxylic acids is 1. The van der Waals surface area contributed by atoms with E-state index in [1.807, 2.05) is 15.8 Å². The normalized spacial score (nSPS) is 27.0. The molecule has 1 saturated carbocycles. The van der Waals surface area contributed by atoms with Crippen molar-refractivity contribution in [3.8, 4) is 0 Å². The highest BCUT2D eigenvalue weighted by molar-refractivity contribution is 6.30. The molecule has 150 valence electrons. The first-order valence-corrected chi connectivity index (χ1v) is 9.79. The van der Waals surface area contributed by atoms with Gasteiger partial charge in [-0.25, -0.2) is 4.68 Å². The Morgan fingerprint density at radius 1 is 1.25 bits per heavy atom. The molecular weight excluding hydrogens is 382 g/mol. The van der Waals surface area contributed by atoms with Gasteiger partial charge in [-0.15, -0.1) is 5.10 Å². The van der Waals surface area contributed by atoms with Gasteiger partial charge in [0, 0.05) is 39.7 Å². The summed E-state index contributed by atoms with van der Waals surface area (Å²) >= 11 is 5.99. The van der Waals surface area contributed by atoms with E-state index in [0.717, 1.165) is 31.6 Å². The minimum Gasteiger partial charge on any atom is -0.379 e. The number of fused-ring (bicyclic) bond motifs is 1. The zero-order valence-electron chi connectivity index (χ0n) is 16.0. The standard InChI is InChI=1S/C19H24ClN5O3/c1-27-11-16-10-25(23-22-16)17-4-13-8-24(9-14(13)5-18(17)28-2)19(26)12-3-15(20)7-21-6-12/h3,6-7,10,13-14,17-18H,4-5,8-9,11H2,1-2H3/t13-,14+,17-,18-/m1/s1. The summed E-state index contributed by atoms with van der Waals surface area (Å²) < 4.78 is 12.8. The van der Waals surface area contributed by atoms with Crippen LogP contribution in [0.2, 0.25) is 5.02 Å². The van der Waals surface area contributed by atoms with Crippen molar-refractivity contribution in [3.63, 3.8) is 0 Å². The SMILES string of the molecule is COCc1cn([C@@H]2C[C@@H]3CN(C(=O)c4cncc(Cl)c4)C[C@@H]3C[C@H]2OC)nn1. The van der Waals surface area contributed by atoms with E-state index >= 15 is 0 Å². The van der Waals surface area contributed by atoms with Crippen molar-refractivity contribution in [2.45, 2.75) is 31.6 Å². The number of nitrogens with zero attached hydrogens (tertiary/aromatic N) is 5. The first kappa shape index (κ1) is 19.3. The lowest BCUT2D eigenvalue weighted by Gasteiger charge is -2.36. The predicted octanol–water partition coefficient (Wildman–Crippen LogP) is 2.21. The van der Waals surface area contributed by atoms with Crippen LogP contribution in [0.1, 0.15) is 34.9 Å². The molecule has 1 aliphatic heterocycles. The third-order valence-corrected chi connectivity index (χ3v) is 6.02. The van der Waals surface area contributed by atoms with Gasteiger partial charge in [-0.3, -0.25) is 9.78 Å². The van der Waals surface area contributed by atoms with Crippen LogP contribution in [0.4, 0.5) is 0 Å². The quantitative estimate of drug-likeness (QED) is 0.758. The van der Waals surface area contributed by atoms with Crippen LogP contribution in [0.25, 0.3) is 0 Å². The van der Waals surface area contributed by atoms with Crippen molar-refractivity contribution in [1.29, 1.82) is 0 Å². The zero-order chi connectivity index (χ0) is 19.7. The maximum Gasteiger partial charge on any atom is 0.255 e. The Kier molecular flexibility index (Phi) is 5.61. The van der Waals surface area contributed by atoms with Gasteiger partial charge in [0.2, 0.25) is 0 Å². The van der Waals surface area contributed by atoms with Crippen LogP contribution in [0.15, 0.2) is 24.7 Å². The van der Waals surface area contributed by atoms with Gasteiger partial charge in [-0.05, 0) is 30.7 Å². The van der Waals surface area contributed by atoms with E-state index in [4.69, 9.17) is 21.1 Å². The number of pyridine rings is 1. The number of hydrogen-bond acceptors (Lipinski definition) is 6. The van der Waals surface area contributed by atoms with E-state index < -0.39 is 0 Å². The maximum absolute atomic E-state index is 12.9. The Bertz CT molecular complexity index is 844. The number of methoxy groups -OCH3 is 2. The van der Waals surface area contributed by atoms with Crippen molar-refractivity contribution in [1.82, 2.24) is 24.9 Å². The maximum atomic E-state index is 12.9. The van der Waals surface area contributed by atoms with Gasteiger partial charge in [0.05, 0.1) is 35.5 Å². The Labute approximate surface area is 168 Å². The molecular formula is C19H24ClN5O3. The average Bonchev–Trinajstić information content (AvgIpc) is 3.33. The second kappa shape index (κ2) is 8.14. The monoisotopic (exact) mass is 405 g/mol. The summed E-state index contributed by atoms with van der Waals surface area (Å²) in [6, 6.07) is 1.78. The van der Waals surface area contributed by atoms with E-state index in [1.54, 1.807) is 26.5 Å². The zero-order valence-corrected chi connectivity index (χ0v) is 16.7.